The number of hydrogen-bond donors (Lipinski definition) is 1. The van der Waals surface area contributed by atoms with Gasteiger partial charge >= 0.3 is 0 Å². The standard InChI is InChI=1S/C14H14BrNOS/c1-10(15)9-16-14(17)18-13-8-4-6-11-5-2-3-7-12(11)13/h2-8,10H,9H2,1H3,(H,16,17). The Morgan fingerprint density at radius 3 is 2.78 bits per heavy atom. The molecule has 1 unspecified atom stereocenters. The fourth-order valence-corrected chi connectivity index (χ4v) is 2.60. The van der Waals surface area contributed by atoms with Gasteiger partial charge in [-0.1, -0.05) is 59.3 Å². The number of hydrogen-bond acceptors (Lipinski definition) is 2. The maximum atomic E-state index is 11.8. The third kappa shape index (κ3) is 3.50. The van der Waals surface area contributed by atoms with Gasteiger partial charge in [-0.2, -0.15) is 0 Å². The van der Waals surface area contributed by atoms with Crippen LogP contribution in [-0.4, -0.2) is 16.6 Å². The summed E-state index contributed by atoms with van der Waals surface area (Å²) in [5.41, 5.74) is 0. The Labute approximate surface area is 119 Å². The Morgan fingerprint density at radius 1 is 1.28 bits per heavy atom. The van der Waals surface area contributed by atoms with E-state index in [1.54, 1.807) is 0 Å². The monoisotopic (exact) mass is 323 g/mol. The second kappa shape index (κ2) is 6.25. The van der Waals surface area contributed by atoms with Crippen molar-refractivity contribution in [1.82, 2.24) is 5.32 Å². The van der Waals surface area contributed by atoms with Crippen molar-refractivity contribution in [3.8, 4) is 0 Å². The van der Waals surface area contributed by atoms with Gasteiger partial charge in [-0.25, -0.2) is 0 Å². The molecule has 0 fully saturated rings. The number of alkyl halides is 1. The minimum absolute atomic E-state index is 0.0161. The Bertz CT molecular complexity index is 551. The van der Waals surface area contributed by atoms with Crippen LogP contribution < -0.4 is 5.32 Å². The van der Waals surface area contributed by atoms with Gasteiger partial charge < -0.3 is 5.32 Å². The lowest BCUT2D eigenvalue weighted by atomic mass is 10.1. The predicted molar refractivity (Wildman–Crippen MR) is 81.6 cm³/mol. The second-order valence-electron chi connectivity index (χ2n) is 4.03. The van der Waals surface area contributed by atoms with E-state index in [4.69, 9.17) is 0 Å². The van der Waals surface area contributed by atoms with Gasteiger partial charge in [-0.05, 0) is 28.6 Å². The Balaban J connectivity index is 2.14. The van der Waals surface area contributed by atoms with E-state index in [0.717, 1.165) is 15.7 Å². The van der Waals surface area contributed by atoms with Crippen LogP contribution in [0.4, 0.5) is 4.79 Å². The van der Waals surface area contributed by atoms with Crippen molar-refractivity contribution >= 4 is 43.7 Å². The molecule has 0 aliphatic heterocycles. The summed E-state index contributed by atoms with van der Waals surface area (Å²) in [6.45, 7) is 2.64. The fraction of sp³-hybridized carbons (Fsp3) is 0.214. The molecule has 4 heteroatoms. The van der Waals surface area contributed by atoms with E-state index in [9.17, 15) is 4.79 Å². The summed E-state index contributed by atoms with van der Waals surface area (Å²) in [5, 5.41) is 5.13. The van der Waals surface area contributed by atoms with Crippen LogP contribution in [0.25, 0.3) is 10.8 Å². The van der Waals surface area contributed by atoms with E-state index in [2.05, 4.69) is 33.4 Å². The number of thioether (sulfide) groups is 1. The summed E-state index contributed by atoms with van der Waals surface area (Å²) in [5.74, 6) is 0. The third-order valence-corrected chi connectivity index (χ3v) is 3.71. The van der Waals surface area contributed by atoms with Gasteiger partial charge in [-0.15, -0.1) is 0 Å². The van der Waals surface area contributed by atoms with Crippen LogP contribution >= 0.6 is 27.7 Å². The number of rotatable bonds is 3. The number of nitrogens with one attached hydrogen (secondary N) is 1. The van der Waals surface area contributed by atoms with Crippen molar-refractivity contribution in [3.63, 3.8) is 0 Å². The minimum atomic E-state index is -0.0161. The van der Waals surface area contributed by atoms with E-state index >= 15 is 0 Å². The molecule has 0 saturated heterocycles. The molecule has 0 saturated carbocycles. The molecule has 18 heavy (non-hydrogen) atoms. The maximum absolute atomic E-state index is 11.8. The lowest BCUT2D eigenvalue weighted by Gasteiger charge is -2.08. The molecule has 2 rings (SSSR count). The highest BCUT2D eigenvalue weighted by molar-refractivity contribution is 9.09. The largest absolute Gasteiger partial charge is 0.346 e. The normalized spacial score (nSPS) is 12.3. The van der Waals surface area contributed by atoms with Gasteiger partial charge in [0.2, 0.25) is 0 Å². The Hall–Kier alpha value is -1.00. The van der Waals surface area contributed by atoms with Gasteiger partial charge in [0.05, 0.1) is 0 Å². The molecule has 0 aliphatic rings. The van der Waals surface area contributed by atoms with Crippen LogP contribution in [0, 0.1) is 0 Å². The van der Waals surface area contributed by atoms with Crippen LogP contribution in [0.15, 0.2) is 47.4 Å². The van der Waals surface area contributed by atoms with Gasteiger partial charge in [-0.3, -0.25) is 4.79 Å². The van der Waals surface area contributed by atoms with E-state index in [1.165, 1.54) is 11.8 Å². The van der Waals surface area contributed by atoms with E-state index in [0.29, 0.717) is 6.54 Å². The minimum Gasteiger partial charge on any atom is -0.346 e. The third-order valence-electron chi connectivity index (χ3n) is 2.48. The van der Waals surface area contributed by atoms with Crippen molar-refractivity contribution in [2.45, 2.75) is 16.6 Å². The molecule has 0 spiro atoms. The van der Waals surface area contributed by atoms with Crippen LogP contribution in [0.2, 0.25) is 0 Å². The van der Waals surface area contributed by atoms with E-state index in [1.807, 2.05) is 37.3 Å². The topological polar surface area (TPSA) is 29.1 Å². The smallest absolute Gasteiger partial charge is 0.283 e. The Morgan fingerprint density at radius 2 is 2.00 bits per heavy atom. The number of amides is 1. The summed E-state index contributed by atoms with van der Waals surface area (Å²) in [4.78, 5) is 13.1. The second-order valence-corrected chi connectivity index (χ2v) is 6.61. The first kappa shape index (κ1) is 13.4. The van der Waals surface area contributed by atoms with Crippen LogP contribution in [0.5, 0.6) is 0 Å². The maximum Gasteiger partial charge on any atom is 0.283 e. The summed E-state index contributed by atoms with van der Waals surface area (Å²) < 4.78 is 0. The molecule has 0 heterocycles. The highest BCUT2D eigenvalue weighted by atomic mass is 79.9. The summed E-state index contributed by atoms with van der Waals surface area (Å²) in [6.07, 6.45) is 0. The zero-order valence-electron chi connectivity index (χ0n) is 10.0. The Kier molecular flexibility index (Phi) is 4.66. The van der Waals surface area contributed by atoms with Crippen molar-refractivity contribution in [2.75, 3.05) is 6.54 Å². The first-order valence-corrected chi connectivity index (χ1v) is 7.47. The lowest BCUT2D eigenvalue weighted by Crippen LogP contribution is -2.24. The average molecular weight is 324 g/mol. The molecule has 0 bridgehead atoms. The number of benzene rings is 2. The molecular formula is C14H14BrNOS. The molecular weight excluding hydrogens is 310 g/mol. The first-order valence-electron chi connectivity index (χ1n) is 5.74. The zero-order valence-corrected chi connectivity index (χ0v) is 12.4. The molecule has 2 aromatic carbocycles. The SMILES string of the molecule is CC(Br)CNC(=O)Sc1cccc2ccccc12. The quantitative estimate of drug-likeness (QED) is 0.669. The van der Waals surface area contributed by atoms with Crippen LogP contribution in [0.1, 0.15) is 6.92 Å². The van der Waals surface area contributed by atoms with E-state index < -0.39 is 0 Å². The molecule has 1 atom stereocenters. The van der Waals surface area contributed by atoms with Crippen molar-refractivity contribution < 1.29 is 4.79 Å². The van der Waals surface area contributed by atoms with Crippen LogP contribution in [-0.2, 0) is 0 Å². The molecule has 94 valence electrons. The molecule has 1 amide bonds. The van der Waals surface area contributed by atoms with Crippen molar-refractivity contribution in [3.05, 3.63) is 42.5 Å². The number of carbonyl (C=O) groups excluding carboxylic acids is 1. The summed E-state index contributed by atoms with van der Waals surface area (Å²) in [7, 11) is 0. The number of halogens is 1. The fourth-order valence-electron chi connectivity index (χ4n) is 1.64. The van der Waals surface area contributed by atoms with Crippen molar-refractivity contribution in [2.24, 2.45) is 0 Å². The lowest BCUT2D eigenvalue weighted by molar-refractivity contribution is 0.261. The first-order chi connectivity index (χ1) is 8.66. The highest BCUT2D eigenvalue weighted by Gasteiger charge is 2.08. The molecule has 2 nitrogen and oxygen atoms in total. The predicted octanol–water partition coefficient (Wildman–Crippen LogP) is 4.42. The number of fused-ring (bicyclic) bond motifs is 1. The van der Waals surface area contributed by atoms with Crippen LogP contribution in [0.3, 0.4) is 0 Å². The van der Waals surface area contributed by atoms with Gasteiger partial charge in [0, 0.05) is 16.3 Å². The molecule has 1 N–H and O–H groups in total. The summed E-state index contributed by atoms with van der Waals surface area (Å²) >= 11 is 4.65. The van der Waals surface area contributed by atoms with Gasteiger partial charge in [0.25, 0.3) is 5.24 Å². The molecule has 0 aromatic heterocycles. The summed E-state index contributed by atoms with van der Waals surface area (Å²) in [6, 6.07) is 14.1. The zero-order chi connectivity index (χ0) is 13.0. The van der Waals surface area contributed by atoms with Crippen molar-refractivity contribution in [1.29, 1.82) is 0 Å². The van der Waals surface area contributed by atoms with Gasteiger partial charge in [0.15, 0.2) is 0 Å². The number of carbonyl (C=O) groups is 1. The molecule has 2 aromatic rings. The molecule has 0 radical (unpaired) electrons. The van der Waals surface area contributed by atoms with E-state index in [-0.39, 0.29) is 10.1 Å². The van der Waals surface area contributed by atoms with Gasteiger partial charge in [0.1, 0.15) is 0 Å². The molecule has 0 aliphatic carbocycles. The average Bonchev–Trinajstić information content (AvgIpc) is 2.37. The highest BCUT2D eigenvalue weighted by Crippen LogP contribution is 2.27.